The highest BCUT2D eigenvalue weighted by molar-refractivity contribution is 6.04. The number of anilines is 1. The smallest absolute Gasteiger partial charge is 0.254 e. The van der Waals surface area contributed by atoms with Gasteiger partial charge in [-0.15, -0.1) is 0 Å². The monoisotopic (exact) mass is 190 g/mol. The van der Waals surface area contributed by atoms with Crippen molar-refractivity contribution in [2.24, 2.45) is 0 Å². The zero-order valence-electron chi connectivity index (χ0n) is 7.73. The summed E-state index contributed by atoms with van der Waals surface area (Å²) in [5.74, 6) is -0.0988. The van der Waals surface area contributed by atoms with Gasteiger partial charge in [-0.25, -0.2) is 0 Å². The molecule has 0 fully saturated rings. The number of amides is 2. The highest BCUT2D eigenvalue weighted by Crippen LogP contribution is 2.33. The number of carbonyl (C=O) groups excluding carboxylic acids is 2. The van der Waals surface area contributed by atoms with Crippen molar-refractivity contribution in [3.63, 3.8) is 0 Å². The fourth-order valence-corrected chi connectivity index (χ4v) is 1.71. The lowest BCUT2D eigenvalue weighted by Gasteiger charge is -2.09. The normalized spacial score (nSPS) is 19.4. The molecule has 0 aliphatic carbocycles. The fourth-order valence-electron chi connectivity index (χ4n) is 1.71. The molecule has 1 aliphatic heterocycles. The van der Waals surface area contributed by atoms with E-state index >= 15 is 0 Å². The molecule has 1 heterocycles. The van der Waals surface area contributed by atoms with Crippen LogP contribution < -0.4 is 10.2 Å². The van der Waals surface area contributed by atoms with E-state index in [2.05, 4.69) is 5.32 Å². The van der Waals surface area contributed by atoms with E-state index in [0.29, 0.717) is 6.41 Å². The summed E-state index contributed by atoms with van der Waals surface area (Å²) < 4.78 is 0. The Morgan fingerprint density at radius 3 is 2.86 bits per heavy atom. The molecule has 4 heteroatoms. The van der Waals surface area contributed by atoms with Crippen LogP contribution in [0.2, 0.25) is 0 Å². The van der Waals surface area contributed by atoms with Crippen LogP contribution >= 0.6 is 0 Å². The molecule has 2 rings (SSSR count). The summed E-state index contributed by atoms with van der Waals surface area (Å²) in [6.45, 7) is 0. The molecule has 72 valence electrons. The van der Waals surface area contributed by atoms with Crippen LogP contribution in [0.5, 0.6) is 0 Å². The summed E-state index contributed by atoms with van der Waals surface area (Å²) in [7, 11) is 1.70. The fraction of sp³-hybridized carbons (Fsp3) is 0.200. The summed E-state index contributed by atoms with van der Waals surface area (Å²) in [6, 6.07) is 6.91. The van der Waals surface area contributed by atoms with E-state index in [1.165, 1.54) is 0 Å². The third-order valence-corrected chi connectivity index (χ3v) is 2.42. The molecule has 0 saturated carbocycles. The molecule has 0 saturated heterocycles. The van der Waals surface area contributed by atoms with Gasteiger partial charge in [0.1, 0.15) is 6.04 Å². The molecule has 0 spiro atoms. The Morgan fingerprint density at radius 1 is 1.43 bits per heavy atom. The van der Waals surface area contributed by atoms with Gasteiger partial charge in [0.2, 0.25) is 6.41 Å². The molecule has 1 aromatic rings. The second kappa shape index (κ2) is 3.14. The number of para-hydroxylation sites is 1. The molecule has 1 aromatic carbocycles. The number of hydrogen-bond donors (Lipinski definition) is 1. The highest BCUT2D eigenvalue weighted by Gasteiger charge is 2.34. The Labute approximate surface area is 81.5 Å². The molecule has 0 bridgehead atoms. The van der Waals surface area contributed by atoms with Gasteiger partial charge in [0.05, 0.1) is 0 Å². The number of rotatable bonds is 2. The zero-order chi connectivity index (χ0) is 10.1. The molecule has 1 aliphatic rings. The first-order valence-electron chi connectivity index (χ1n) is 4.32. The van der Waals surface area contributed by atoms with Crippen molar-refractivity contribution in [2.75, 3.05) is 11.9 Å². The Bertz CT molecular complexity index is 389. The van der Waals surface area contributed by atoms with E-state index < -0.39 is 6.04 Å². The summed E-state index contributed by atoms with van der Waals surface area (Å²) in [5.41, 5.74) is 1.71. The van der Waals surface area contributed by atoms with E-state index in [-0.39, 0.29) is 5.91 Å². The van der Waals surface area contributed by atoms with Crippen LogP contribution in [0.15, 0.2) is 24.3 Å². The summed E-state index contributed by atoms with van der Waals surface area (Å²) in [6.07, 6.45) is 0.554. The van der Waals surface area contributed by atoms with Gasteiger partial charge in [0.15, 0.2) is 0 Å². The standard InChI is InChI=1S/C10H10N2O2/c1-12-8-5-3-2-4-7(8)9(10(12)14)11-6-13/h2-6,9H,1H3,(H,11,13). The van der Waals surface area contributed by atoms with Gasteiger partial charge in [0.25, 0.3) is 5.91 Å². The van der Waals surface area contributed by atoms with Gasteiger partial charge in [-0.3, -0.25) is 9.59 Å². The number of hydrogen-bond acceptors (Lipinski definition) is 2. The molecule has 4 nitrogen and oxygen atoms in total. The van der Waals surface area contributed by atoms with Crippen LogP contribution in [-0.2, 0) is 9.59 Å². The summed E-state index contributed by atoms with van der Waals surface area (Å²) in [4.78, 5) is 23.5. The maximum Gasteiger partial charge on any atom is 0.254 e. The van der Waals surface area contributed by atoms with Crippen molar-refractivity contribution >= 4 is 18.0 Å². The van der Waals surface area contributed by atoms with E-state index in [1.54, 1.807) is 11.9 Å². The minimum absolute atomic E-state index is 0.0988. The Kier molecular flexibility index (Phi) is 1.96. The van der Waals surface area contributed by atoms with Gasteiger partial charge in [-0.2, -0.15) is 0 Å². The van der Waals surface area contributed by atoms with E-state index in [0.717, 1.165) is 11.3 Å². The summed E-state index contributed by atoms with van der Waals surface area (Å²) in [5, 5.41) is 2.51. The first-order chi connectivity index (χ1) is 6.75. The SMILES string of the molecule is CN1C(=O)C(NC=O)c2ccccc21. The van der Waals surface area contributed by atoms with Crippen LogP contribution in [0.25, 0.3) is 0 Å². The minimum Gasteiger partial charge on any atom is -0.343 e. The van der Waals surface area contributed by atoms with Crippen molar-refractivity contribution in [1.82, 2.24) is 5.32 Å². The van der Waals surface area contributed by atoms with Crippen molar-refractivity contribution in [1.29, 1.82) is 0 Å². The molecular formula is C10H10N2O2. The number of nitrogens with zero attached hydrogens (tertiary/aromatic N) is 1. The van der Waals surface area contributed by atoms with Crippen molar-refractivity contribution in [3.8, 4) is 0 Å². The Morgan fingerprint density at radius 2 is 2.14 bits per heavy atom. The number of likely N-dealkylation sites (N-methyl/N-ethyl adjacent to an activating group) is 1. The maximum atomic E-state index is 11.7. The molecular weight excluding hydrogens is 180 g/mol. The van der Waals surface area contributed by atoms with E-state index in [9.17, 15) is 9.59 Å². The van der Waals surface area contributed by atoms with Crippen molar-refractivity contribution < 1.29 is 9.59 Å². The molecule has 14 heavy (non-hydrogen) atoms. The number of benzene rings is 1. The predicted molar refractivity (Wildman–Crippen MR) is 51.8 cm³/mol. The van der Waals surface area contributed by atoms with Gasteiger partial charge in [0, 0.05) is 18.3 Å². The lowest BCUT2D eigenvalue weighted by Crippen LogP contribution is -2.31. The molecule has 0 aromatic heterocycles. The Hall–Kier alpha value is -1.84. The van der Waals surface area contributed by atoms with Gasteiger partial charge >= 0.3 is 0 Å². The van der Waals surface area contributed by atoms with E-state index in [4.69, 9.17) is 0 Å². The molecule has 1 unspecified atom stereocenters. The quantitative estimate of drug-likeness (QED) is 0.688. The van der Waals surface area contributed by atoms with Crippen LogP contribution in [0.4, 0.5) is 5.69 Å². The van der Waals surface area contributed by atoms with Gasteiger partial charge in [-0.05, 0) is 6.07 Å². The second-order valence-corrected chi connectivity index (χ2v) is 3.17. The van der Waals surface area contributed by atoms with Crippen molar-refractivity contribution in [2.45, 2.75) is 6.04 Å². The van der Waals surface area contributed by atoms with Crippen LogP contribution in [0.3, 0.4) is 0 Å². The van der Waals surface area contributed by atoms with Gasteiger partial charge < -0.3 is 10.2 Å². The molecule has 1 N–H and O–H groups in total. The first kappa shape index (κ1) is 8.74. The van der Waals surface area contributed by atoms with Crippen LogP contribution in [0.1, 0.15) is 11.6 Å². The predicted octanol–water partition coefficient (Wildman–Crippen LogP) is 0.450. The van der Waals surface area contributed by atoms with Crippen molar-refractivity contribution in [3.05, 3.63) is 29.8 Å². The second-order valence-electron chi connectivity index (χ2n) is 3.17. The molecule has 2 amide bonds. The van der Waals surface area contributed by atoms with Crippen LogP contribution in [0, 0.1) is 0 Å². The largest absolute Gasteiger partial charge is 0.343 e. The summed E-state index contributed by atoms with van der Waals surface area (Å²) >= 11 is 0. The average molecular weight is 190 g/mol. The Balaban J connectivity index is 2.47. The lowest BCUT2D eigenvalue weighted by molar-refractivity contribution is -0.122. The van der Waals surface area contributed by atoms with Crippen LogP contribution in [-0.4, -0.2) is 19.4 Å². The highest BCUT2D eigenvalue weighted by atomic mass is 16.2. The lowest BCUT2D eigenvalue weighted by atomic mass is 10.1. The first-order valence-corrected chi connectivity index (χ1v) is 4.32. The third kappa shape index (κ3) is 1.08. The number of nitrogens with one attached hydrogen (secondary N) is 1. The zero-order valence-corrected chi connectivity index (χ0v) is 7.73. The average Bonchev–Trinajstić information content (AvgIpc) is 2.45. The molecule has 1 atom stereocenters. The number of fused-ring (bicyclic) bond motifs is 1. The third-order valence-electron chi connectivity index (χ3n) is 2.42. The molecule has 0 radical (unpaired) electrons. The van der Waals surface area contributed by atoms with Gasteiger partial charge in [-0.1, -0.05) is 18.2 Å². The topological polar surface area (TPSA) is 49.4 Å². The van der Waals surface area contributed by atoms with E-state index in [1.807, 2.05) is 24.3 Å². The maximum absolute atomic E-state index is 11.7. The minimum atomic E-state index is -0.520. The number of carbonyl (C=O) groups is 2.